The van der Waals surface area contributed by atoms with E-state index in [1.807, 2.05) is 36.4 Å². The van der Waals surface area contributed by atoms with E-state index in [0.717, 1.165) is 38.3 Å². The topological polar surface area (TPSA) is 86.3 Å². The Labute approximate surface area is 215 Å². The van der Waals surface area contributed by atoms with E-state index in [9.17, 15) is 9.18 Å². The molecule has 188 valence electrons. The number of amides is 1. The lowest BCUT2D eigenvalue weighted by Crippen LogP contribution is -2.43. The van der Waals surface area contributed by atoms with E-state index in [1.54, 1.807) is 24.7 Å². The Hall–Kier alpha value is -4.21. The van der Waals surface area contributed by atoms with Crippen LogP contribution < -0.4 is 10.6 Å². The number of nitrogens with one attached hydrogen (secondary N) is 2. The first-order chi connectivity index (χ1) is 18.0. The zero-order chi connectivity index (χ0) is 25.6. The summed E-state index contributed by atoms with van der Waals surface area (Å²) in [4.78, 5) is 30.3. The van der Waals surface area contributed by atoms with Crippen LogP contribution in [0.15, 0.2) is 79.3 Å². The predicted molar refractivity (Wildman–Crippen MR) is 142 cm³/mol. The number of benzene rings is 2. The molecule has 0 radical (unpaired) electrons. The number of pyridine rings is 1. The smallest absolute Gasteiger partial charge is 0.255 e. The van der Waals surface area contributed by atoms with Crippen LogP contribution in [0.1, 0.15) is 15.9 Å². The standard InChI is InChI=1S/C28H28FN7O/c1-35-13-15-36(16-14-35)19-20-4-6-21(7-5-20)27(37)32-23-8-9-24(29)26(17-23)34-28-31-12-10-25(33-28)22-3-2-11-30-18-22/h2-12,17-18H,13-16,19H2,1H3,(H,32,37)(H,31,33,34). The first kappa shape index (κ1) is 24.5. The van der Waals surface area contributed by atoms with E-state index in [4.69, 9.17) is 0 Å². The molecule has 0 bridgehead atoms. The van der Waals surface area contributed by atoms with E-state index in [-0.39, 0.29) is 17.5 Å². The molecule has 3 heterocycles. The normalized spacial score (nSPS) is 14.3. The van der Waals surface area contributed by atoms with Gasteiger partial charge in [0.05, 0.1) is 11.4 Å². The molecule has 1 saturated heterocycles. The third kappa shape index (κ3) is 6.32. The van der Waals surface area contributed by atoms with Gasteiger partial charge in [-0.3, -0.25) is 14.7 Å². The molecule has 0 spiro atoms. The fourth-order valence-corrected chi connectivity index (χ4v) is 4.14. The van der Waals surface area contributed by atoms with Gasteiger partial charge in [0.15, 0.2) is 0 Å². The van der Waals surface area contributed by atoms with Crippen molar-refractivity contribution in [1.29, 1.82) is 0 Å². The van der Waals surface area contributed by atoms with Gasteiger partial charge in [0.1, 0.15) is 5.82 Å². The minimum absolute atomic E-state index is 0.156. The molecular weight excluding hydrogens is 469 g/mol. The molecule has 1 aliphatic rings. The number of nitrogens with zero attached hydrogens (tertiary/aromatic N) is 5. The number of aromatic nitrogens is 3. The molecule has 8 nitrogen and oxygen atoms in total. The summed E-state index contributed by atoms with van der Waals surface area (Å²) in [6.45, 7) is 5.08. The van der Waals surface area contributed by atoms with Crippen LogP contribution in [-0.4, -0.2) is 63.9 Å². The second-order valence-electron chi connectivity index (χ2n) is 9.06. The van der Waals surface area contributed by atoms with Gasteiger partial charge >= 0.3 is 0 Å². The number of hydrogen-bond acceptors (Lipinski definition) is 7. The lowest BCUT2D eigenvalue weighted by Gasteiger charge is -2.32. The maximum Gasteiger partial charge on any atom is 0.255 e. The number of likely N-dealkylation sites (N-methyl/N-ethyl adjacent to an activating group) is 1. The van der Waals surface area contributed by atoms with Crippen molar-refractivity contribution in [3.8, 4) is 11.3 Å². The van der Waals surface area contributed by atoms with Gasteiger partial charge in [-0.05, 0) is 61.1 Å². The quantitative estimate of drug-likeness (QED) is 0.391. The monoisotopic (exact) mass is 497 g/mol. The van der Waals surface area contributed by atoms with Crippen LogP contribution >= 0.6 is 0 Å². The second-order valence-corrected chi connectivity index (χ2v) is 9.06. The Morgan fingerprint density at radius 2 is 1.81 bits per heavy atom. The average molecular weight is 498 g/mol. The summed E-state index contributed by atoms with van der Waals surface area (Å²) in [7, 11) is 2.14. The van der Waals surface area contributed by atoms with E-state index < -0.39 is 5.82 Å². The van der Waals surface area contributed by atoms with Gasteiger partial charge in [-0.1, -0.05) is 12.1 Å². The molecule has 2 aromatic carbocycles. The lowest BCUT2D eigenvalue weighted by molar-refractivity contribution is 0.102. The summed E-state index contributed by atoms with van der Waals surface area (Å²) >= 11 is 0. The largest absolute Gasteiger partial charge is 0.322 e. The van der Waals surface area contributed by atoms with Crippen molar-refractivity contribution in [2.45, 2.75) is 6.54 Å². The Kier molecular flexibility index (Phi) is 7.43. The molecule has 37 heavy (non-hydrogen) atoms. The second kappa shape index (κ2) is 11.2. The van der Waals surface area contributed by atoms with Crippen molar-refractivity contribution in [3.63, 3.8) is 0 Å². The zero-order valence-electron chi connectivity index (χ0n) is 20.6. The van der Waals surface area contributed by atoms with Gasteiger partial charge in [0, 0.05) is 68.1 Å². The number of anilines is 3. The minimum atomic E-state index is -0.485. The first-order valence-electron chi connectivity index (χ1n) is 12.1. The Morgan fingerprint density at radius 1 is 1.00 bits per heavy atom. The molecule has 1 fully saturated rings. The van der Waals surface area contributed by atoms with Crippen LogP contribution in [0.2, 0.25) is 0 Å². The SMILES string of the molecule is CN1CCN(Cc2ccc(C(=O)Nc3ccc(F)c(Nc4nccc(-c5cccnc5)n4)c3)cc2)CC1. The molecule has 0 saturated carbocycles. The number of carbonyl (C=O) groups is 1. The molecule has 1 amide bonds. The van der Waals surface area contributed by atoms with Crippen molar-refractivity contribution in [2.75, 3.05) is 43.9 Å². The van der Waals surface area contributed by atoms with Crippen LogP contribution in [0.25, 0.3) is 11.3 Å². The number of carbonyl (C=O) groups excluding carboxylic acids is 1. The molecule has 2 aromatic heterocycles. The van der Waals surface area contributed by atoms with Crippen LogP contribution in [-0.2, 0) is 6.54 Å². The van der Waals surface area contributed by atoms with Gasteiger partial charge in [-0.15, -0.1) is 0 Å². The van der Waals surface area contributed by atoms with Gasteiger partial charge in [-0.2, -0.15) is 0 Å². The zero-order valence-corrected chi connectivity index (χ0v) is 20.6. The molecule has 0 aliphatic carbocycles. The van der Waals surface area contributed by atoms with E-state index >= 15 is 0 Å². The summed E-state index contributed by atoms with van der Waals surface area (Å²) in [5, 5.41) is 5.75. The van der Waals surface area contributed by atoms with Gasteiger partial charge in [0.2, 0.25) is 5.95 Å². The van der Waals surface area contributed by atoms with Crippen molar-refractivity contribution < 1.29 is 9.18 Å². The van der Waals surface area contributed by atoms with E-state index in [2.05, 4.69) is 42.4 Å². The summed E-state index contributed by atoms with van der Waals surface area (Å²) in [6, 6.07) is 17.4. The highest BCUT2D eigenvalue weighted by atomic mass is 19.1. The van der Waals surface area contributed by atoms with E-state index in [0.29, 0.717) is 16.9 Å². The van der Waals surface area contributed by atoms with Crippen molar-refractivity contribution in [3.05, 3.63) is 96.2 Å². The van der Waals surface area contributed by atoms with Crippen molar-refractivity contribution in [1.82, 2.24) is 24.8 Å². The molecule has 1 aliphatic heterocycles. The maximum atomic E-state index is 14.6. The highest BCUT2D eigenvalue weighted by Gasteiger charge is 2.15. The third-order valence-corrected chi connectivity index (χ3v) is 6.30. The van der Waals surface area contributed by atoms with Crippen molar-refractivity contribution in [2.24, 2.45) is 0 Å². The average Bonchev–Trinajstić information content (AvgIpc) is 2.93. The molecule has 4 aromatic rings. The Bertz CT molecular complexity index is 1360. The van der Waals surface area contributed by atoms with Crippen LogP contribution in [0, 0.1) is 5.82 Å². The van der Waals surface area contributed by atoms with E-state index in [1.165, 1.54) is 23.8 Å². The lowest BCUT2D eigenvalue weighted by atomic mass is 10.1. The van der Waals surface area contributed by atoms with Gasteiger partial charge in [0.25, 0.3) is 5.91 Å². The fraction of sp³-hybridized carbons (Fsp3) is 0.214. The van der Waals surface area contributed by atoms with Crippen LogP contribution in [0.3, 0.4) is 0 Å². The number of hydrogen-bond donors (Lipinski definition) is 2. The van der Waals surface area contributed by atoms with Gasteiger partial charge < -0.3 is 15.5 Å². The molecular formula is C28H28FN7O. The fourth-order valence-electron chi connectivity index (χ4n) is 4.14. The Balaban J connectivity index is 1.24. The molecule has 5 rings (SSSR count). The molecule has 9 heteroatoms. The summed E-state index contributed by atoms with van der Waals surface area (Å²) in [5.41, 5.74) is 3.80. The summed E-state index contributed by atoms with van der Waals surface area (Å²) < 4.78 is 14.6. The first-order valence-corrected chi connectivity index (χ1v) is 12.1. The minimum Gasteiger partial charge on any atom is -0.322 e. The maximum absolute atomic E-state index is 14.6. The molecule has 0 unspecified atom stereocenters. The number of piperazine rings is 1. The summed E-state index contributed by atoms with van der Waals surface area (Å²) in [5.74, 6) is -0.514. The number of halogens is 1. The third-order valence-electron chi connectivity index (χ3n) is 6.30. The predicted octanol–water partition coefficient (Wildman–Crippen LogP) is 4.42. The Morgan fingerprint density at radius 3 is 2.57 bits per heavy atom. The van der Waals surface area contributed by atoms with Crippen molar-refractivity contribution >= 4 is 23.2 Å². The highest BCUT2D eigenvalue weighted by molar-refractivity contribution is 6.04. The van der Waals surface area contributed by atoms with Crippen LogP contribution in [0.4, 0.5) is 21.7 Å². The highest BCUT2D eigenvalue weighted by Crippen LogP contribution is 2.24. The van der Waals surface area contributed by atoms with Crippen LogP contribution in [0.5, 0.6) is 0 Å². The number of rotatable bonds is 7. The summed E-state index contributed by atoms with van der Waals surface area (Å²) in [6.07, 6.45) is 4.97. The molecule has 2 N–H and O–H groups in total. The van der Waals surface area contributed by atoms with Gasteiger partial charge in [-0.25, -0.2) is 14.4 Å². The molecule has 0 atom stereocenters.